The second-order valence-corrected chi connectivity index (χ2v) is 4.44. The summed E-state index contributed by atoms with van der Waals surface area (Å²) >= 11 is 5.90. The molecule has 0 aliphatic carbocycles. The van der Waals surface area contributed by atoms with E-state index >= 15 is 0 Å². The Kier molecular flexibility index (Phi) is 5.85. The number of carbonyl (C=O) groups excluding carboxylic acids is 1. The lowest BCUT2D eigenvalue weighted by molar-refractivity contribution is -0.142. The van der Waals surface area contributed by atoms with Crippen molar-refractivity contribution in [1.29, 1.82) is 0 Å². The number of nitrogens with one attached hydrogen (secondary N) is 1. The highest BCUT2D eigenvalue weighted by Gasteiger charge is 2.31. The maximum atomic E-state index is 13.1. The molecule has 7 heteroatoms. The predicted molar refractivity (Wildman–Crippen MR) is 71.5 cm³/mol. The van der Waals surface area contributed by atoms with Crippen LogP contribution in [0.1, 0.15) is 6.42 Å². The Morgan fingerprint density at radius 3 is 2.95 bits per heavy atom. The van der Waals surface area contributed by atoms with Gasteiger partial charge in [-0.25, -0.2) is 4.39 Å². The van der Waals surface area contributed by atoms with Gasteiger partial charge in [-0.2, -0.15) is 0 Å². The van der Waals surface area contributed by atoms with Gasteiger partial charge in [-0.15, -0.1) is 12.4 Å². The maximum absolute atomic E-state index is 13.1. The minimum absolute atomic E-state index is 0. The van der Waals surface area contributed by atoms with Crippen LogP contribution in [0.2, 0.25) is 5.02 Å². The molecule has 1 aromatic carbocycles. The highest BCUT2D eigenvalue weighted by Crippen LogP contribution is 2.27. The number of esters is 1. The van der Waals surface area contributed by atoms with Crippen LogP contribution < -0.4 is 10.1 Å². The van der Waals surface area contributed by atoms with Crippen LogP contribution in [0.4, 0.5) is 4.39 Å². The van der Waals surface area contributed by atoms with Crippen molar-refractivity contribution in [3.05, 3.63) is 29.0 Å². The SMILES string of the molecule is COC(=O)[C@@H]1C[C@H](Oc2cc(F)ccc2Cl)CN1.Cl. The van der Waals surface area contributed by atoms with Crippen LogP contribution in [-0.4, -0.2) is 31.8 Å². The molecule has 1 aliphatic heterocycles. The quantitative estimate of drug-likeness (QED) is 0.870. The van der Waals surface area contributed by atoms with Gasteiger partial charge in [0.1, 0.15) is 23.7 Å². The van der Waals surface area contributed by atoms with Crippen LogP contribution in [-0.2, 0) is 9.53 Å². The Hall–Kier alpha value is -1.04. The third kappa shape index (κ3) is 3.96. The van der Waals surface area contributed by atoms with Crippen LogP contribution >= 0.6 is 24.0 Å². The summed E-state index contributed by atoms with van der Waals surface area (Å²) in [4.78, 5) is 11.3. The minimum atomic E-state index is -0.412. The molecule has 0 saturated carbocycles. The highest BCUT2D eigenvalue weighted by molar-refractivity contribution is 6.32. The first-order chi connectivity index (χ1) is 8.60. The molecular formula is C12H14Cl2FNO3. The zero-order valence-corrected chi connectivity index (χ0v) is 11.8. The van der Waals surface area contributed by atoms with Crippen molar-refractivity contribution in [1.82, 2.24) is 5.32 Å². The van der Waals surface area contributed by atoms with Gasteiger partial charge < -0.3 is 14.8 Å². The molecule has 0 aromatic heterocycles. The molecular weight excluding hydrogens is 296 g/mol. The molecule has 0 bridgehead atoms. The Bertz CT molecular complexity index is 459. The van der Waals surface area contributed by atoms with Crippen molar-refractivity contribution in [3.8, 4) is 5.75 Å². The van der Waals surface area contributed by atoms with Crippen molar-refractivity contribution in [2.75, 3.05) is 13.7 Å². The average Bonchev–Trinajstić information content (AvgIpc) is 2.81. The van der Waals surface area contributed by atoms with Crippen molar-refractivity contribution in [2.24, 2.45) is 0 Å². The monoisotopic (exact) mass is 309 g/mol. The number of hydrogen-bond donors (Lipinski definition) is 1. The molecule has 0 amide bonds. The summed E-state index contributed by atoms with van der Waals surface area (Å²) in [6, 6.07) is 3.55. The fourth-order valence-electron chi connectivity index (χ4n) is 1.86. The second-order valence-electron chi connectivity index (χ2n) is 4.03. The van der Waals surface area contributed by atoms with E-state index in [0.717, 1.165) is 0 Å². The van der Waals surface area contributed by atoms with Gasteiger partial charge in [0.15, 0.2) is 0 Å². The predicted octanol–water partition coefficient (Wildman–Crippen LogP) is 2.18. The van der Waals surface area contributed by atoms with E-state index in [9.17, 15) is 9.18 Å². The normalized spacial score (nSPS) is 21.6. The Balaban J connectivity index is 0.00000180. The van der Waals surface area contributed by atoms with Gasteiger partial charge in [0, 0.05) is 19.0 Å². The number of carbonyl (C=O) groups is 1. The minimum Gasteiger partial charge on any atom is -0.487 e. The summed E-state index contributed by atoms with van der Waals surface area (Å²) in [7, 11) is 1.33. The smallest absolute Gasteiger partial charge is 0.323 e. The molecule has 1 heterocycles. The molecule has 0 radical (unpaired) electrons. The summed E-state index contributed by atoms with van der Waals surface area (Å²) in [6.45, 7) is 0.493. The first-order valence-corrected chi connectivity index (χ1v) is 5.91. The fraction of sp³-hybridized carbons (Fsp3) is 0.417. The number of benzene rings is 1. The first-order valence-electron chi connectivity index (χ1n) is 5.53. The van der Waals surface area contributed by atoms with E-state index in [4.69, 9.17) is 16.3 Å². The molecule has 2 rings (SSSR count). The molecule has 4 nitrogen and oxygen atoms in total. The van der Waals surface area contributed by atoms with Gasteiger partial charge in [-0.3, -0.25) is 4.79 Å². The van der Waals surface area contributed by atoms with E-state index in [1.165, 1.54) is 25.3 Å². The molecule has 1 aliphatic rings. The number of halogens is 3. The summed E-state index contributed by atoms with van der Waals surface area (Å²) in [5.41, 5.74) is 0. The van der Waals surface area contributed by atoms with Crippen molar-refractivity contribution < 1.29 is 18.7 Å². The lowest BCUT2D eigenvalue weighted by atomic mass is 10.2. The van der Waals surface area contributed by atoms with Crippen LogP contribution in [0.25, 0.3) is 0 Å². The van der Waals surface area contributed by atoms with Gasteiger partial charge in [0.25, 0.3) is 0 Å². The van der Waals surface area contributed by atoms with E-state index in [1.54, 1.807) is 0 Å². The van der Waals surface area contributed by atoms with Crippen LogP contribution in [0.3, 0.4) is 0 Å². The molecule has 0 unspecified atom stereocenters. The molecule has 1 fully saturated rings. The Labute approximate surface area is 121 Å². The topological polar surface area (TPSA) is 47.6 Å². The molecule has 1 N–H and O–H groups in total. The highest BCUT2D eigenvalue weighted by atomic mass is 35.5. The lowest BCUT2D eigenvalue weighted by Crippen LogP contribution is -2.31. The van der Waals surface area contributed by atoms with Crippen LogP contribution in [0, 0.1) is 5.82 Å². The van der Waals surface area contributed by atoms with Crippen molar-refractivity contribution in [3.63, 3.8) is 0 Å². The molecule has 106 valence electrons. The van der Waals surface area contributed by atoms with E-state index in [1.807, 2.05) is 0 Å². The largest absolute Gasteiger partial charge is 0.487 e. The standard InChI is InChI=1S/C12H13ClFNO3.ClH/c1-17-12(16)10-5-8(6-15-10)18-11-4-7(14)2-3-9(11)13;/h2-4,8,10,15H,5-6H2,1H3;1H/t8-,10-;/m0./s1. The number of methoxy groups -OCH3 is 1. The third-order valence-electron chi connectivity index (χ3n) is 2.76. The molecule has 0 spiro atoms. The van der Waals surface area contributed by atoms with Gasteiger partial charge in [0.2, 0.25) is 0 Å². The first kappa shape index (κ1) is 16.0. The van der Waals surface area contributed by atoms with Crippen LogP contribution in [0.5, 0.6) is 5.75 Å². The summed E-state index contributed by atoms with van der Waals surface area (Å²) < 4.78 is 23.3. The van der Waals surface area contributed by atoms with Gasteiger partial charge in [0.05, 0.1) is 12.1 Å². The van der Waals surface area contributed by atoms with E-state index in [2.05, 4.69) is 10.1 Å². The Morgan fingerprint density at radius 2 is 2.26 bits per heavy atom. The molecule has 1 aromatic rings. The van der Waals surface area contributed by atoms with Crippen molar-refractivity contribution >= 4 is 30.0 Å². The maximum Gasteiger partial charge on any atom is 0.323 e. The zero-order valence-electron chi connectivity index (χ0n) is 10.2. The summed E-state index contributed by atoms with van der Waals surface area (Å²) in [5.74, 6) is -0.453. The van der Waals surface area contributed by atoms with Gasteiger partial charge in [-0.05, 0) is 12.1 Å². The van der Waals surface area contributed by atoms with Crippen LogP contribution in [0.15, 0.2) is 18.2 Å². The second kappa shape index (κ2) is 6.93. The van der Waals surface area contributed by atoms with E-state index < -0.39 is 5.82 Å². The number of ether oxygens (including phenoxy) is 2. The molecule has 2 atom stereocenters. The molecule has 19 heavy (non-hydrogen) atoms. The summed E-state index contributed by atoms with van der Waals surface area (Å²) in [5, 5.41) is 3.32. The van der Waals surface area contributed by atoms with E-state index in [-0.39, 0.29) is 36.3 Å². The Morgan fingerprint density at radius 1 is 1.53 bits per heavy atom. The average molecular weight is 310 g/mol. The number of hydrogen-bond acceptors (Lipinski definition) is 4. The fourth-order valence-corrected chi connectivity index (χ4v) is 2.02. The lowest BCUT2D eigenvalue weighted by Gasteiger charge is -2.14. The zero-order chi connectivity index (χ0) is 13.1. The molecule has 1 saturated heterocycles. The van der Waals surface area contributed by atoms with E-state index in [0.29, 0.717) is 18.0 Å². The van der Waals surface area contributed by atoms with Crippen molar-refractivity contribution in [2.45, 2.75) is 18.6 Å². The third-order valence-corrected chi connectivity index (χ3v) is 3.08. The number of rotatable bonds is 3. The summed E-state index contributed by atoms with van der Waals surface area (Å²) in [6.07, 6.45) is 0.243. The van der Waals surface area contributed by atoms with Gasteiger partial charge in [-0.1, -0.05) is 11.6 Å². The van der Waals surface area contributed by atoms with Gasteiger partial charge >= 0.3 is 5.97 Å².